The molecule has 1 saturated carbocycles. The highest BCUT2D eigenvalue weighted by atomic mass is 15.2. The minimum atomic E-state index is 0.391. The monoisotopic (exact) mass is 408 g/mol. The number of allylic oxidation sites excluding steroid dienone is 10. The molecule has 2 aliphatic carbocycles. The van der Waals surface area contributed by atoms with Gasteiger partial charge in [-0.05, 0) is 62.5 Å². The third-order valence-corrected chi connectivity index (χ3v) is 7.37. The maximum absolute atomic E-state index is 5.30. The van der Waals surface area contributed by atoms with Crippen molar-refractivity contribution < 1.29 is 0 Å². The number of hydrogen-bond acceptors (Lipinski definition) is 2. The summed E-state index contributed by atoms with van der Waals surface area (Å²) in [6.45, 7) is 6.84. The lowest BCUT2D eigenvalue weighted by Crippen LogP contribution is -2.27. The first-order valence-electron chi connectivity index (χ1n) is 11.7. The fourth-order valence-corrected chi connectivity index (χ4v) is 5.06. The molecule has 0 amide bonds. The smallest absolute Gasteiger partial charge is 0.136 e. The second kappa shape index (κ2) is 8.00. The predicted molar refractivity (Wildman–Crippen MR) is 131 cm³/mol. The molecular weight excluding hydrogens is 376 g/mol. The molecule has 5 rings (SSSR count). The number of benzene rings is 1. The highest BCUT2D eigenvalue weighted by Gasteiger charge is 2.35. The first-order valence-corrected chi connectivity index (χ1v) is 11.7. The Hall–Kier alpha value is -2.87. The van der Waals surface area contributed by atoms with E-state index in [4.69, 9.17) is 4.99 Å². The van der Waals surface area contributed by atoms with Crippen molar-refractivity contribution in [2.75, 3.05) is 0 Å². The van der Waals surface area contributed by atoms with Crippen LogP contribution in [0.15, 0.2) is 100 Å². The van der Waals surface area contributed by atoms with Crippen molar-refractivity contribution in [2.45, 2.75) is 59.3 Å². The SMILES string of the molecule is CC1=CCCC(C)=C2N=C(C3=CC=C(C4(C)CCC4)CC=C3)C(c3ccccc3)=CN12. The minimum Gasteiger partial charge on any atom is -0.306 e. The van der Waals surface area contributed by atoms with Gasteiger partial charge < -0.3 is 4.90 Å². The molecule has 31 heavy (non-hydrogen) atoms. The van der Waals surface area contributed by atoms with E-state index in [-0.39, 0.29) is 0 Å². The summed E-state index contributed by atoms with van der Waals surface area (Å²) in [5, 5.41) is 0. The Kier molecular flexibility index (Phi) is 5.17. The minimum absolute atomic E-state index is 0.391. The van der Waals surface area contributed by atoms with Crippen molar-refractivity contribution in [1.82, 2.24) is 4.90 Å². The number of nitrogens with zero attached hydrogens (tertiary/aromatic N) is 2. The molecule has 2 aliphatic heterocycles. The lowest BCUT2D eigenvalue weighted by molar-refractivity contribution is 0.211. The molecule has 2 nitrogen and oxygen atoms in total. The lowest BCUT2D eigenvalue weighted by atomic mass is 9.65. The standard InChI is InChI=1S/C29H32N2/c1-21-10-7-11-22(2)31-20-26(23-12-5-4-6-13-23)27(30-28(21)31)24-14-8-15-25(17-16-24)29(3)18-9-19-29/h4-6,8,11-14,16-17,20H,7,9-10,15,18-19H2,1-3H3. The Morgan fingerprint density at radius 1 is 1.03 bits per heavy atom. The molecule has 0 spiro atoms. The van der Waals surface area contributed by atoms with Crippen LogP contribution in [0, 0.1) is 5.41 Å². The van der Waals surface area contributed by atoms with Gasteiger partial charge in [-0.2, -0.15) is 0 Å². The Balaban J connectivity index is 1.63. The molecule has 1 aromatic carbocycles. The van der Waals surface area contributed by atoms with Crippen LogP contribution in [0.4, 0.5) is 0 Å². The van der Waals surface area contributed by atoms with Gasteiger partial charge in [0.1, 0.15) is 5.82 Å². The zero-order valence-electron chi connectivity index (χ0n) is 19.0. The van der Waals surface area contributed by atoms with E-state index in [1.807, 2.05) is 0 Å². The van der Waals surface area contributed by atoms with Crippen molar-refractivity contribution >= 4 is 11.3 Å². The van der Waals surface area contributed by atoms with E-state index in [0.29, 0.717) is 5.41 Å². The van der Waals surface area contributed by atoms with Crippen LogP contribution < -0.4 is 0 Å². The summed E-state index contributed by atoms with van der Waals surface area (Å²) < 4.78 is 0. The first-order chi connectivity index (χ1) is 15.0. The van der Waals surface area contributed by atoms with Crippen molar-refractivity contribution in [2.24, 2.45) is 10.4 Å². The molecule has 0 bridgehead atoms. The van der Waals surface area contributed by atoms with Crippen LogP contribution in [0.5, 0.6) is 0 Å². The van der Waals surface area contributed by atoms with Gasteiger partial charge in [0.2, 0.25) is 0 Å². The Bertz CT molecular complexity index is 1100. The average Bonchev–Trinajstić information content (AvgIpc) is 3.10. The van der Waals surface area contributed by atoms with Crippen molar-refractivity contribution in [3.05, 3.63) is 101 Å². The fraction of sp³-hybridized carbons (Fsp3) is 0.345. The molecule has 4 aliphatic rings. The normalized spacial score (nSPS) is 22.8. The molecule has 158 valence electrons. The second-order valence-electron chi connectivity index (χ2n) is 9.56. The Morgan fingerprint density at radius 3 is 2.58 bits per heavy atom. The molecule has 1 aromatic rings. The molecular formula is C29H32N2. The van der Waals surface area contributed by atoms with Crippen molar-refractivity contribution in [3.8, 4) is 0 Å². The van der Waals surface area contributed by atoms with Crippen LogP contribution in [0.1, 0.15) is 64.9 Å². The van der Waals surface area contributed by atoms with Gasteiger partial charge in [-0.3, -0.25) is 0 Å². The zero-order chi connectivity index (χ0) is 21.4. The predicted octanol–water partition coefficient (Wildman–Crippen LogP) is 7.72. The molecule has 0 aromatic heterocycles. The third-order valence-electron chi connectivity index (χ3n) is 7.37. The van der Waals surface area contributed by atoms with Gasteiger partial charge >= 0.3 is 0 Å². The molecule has 0 N–H and O–H groups in total. The van der Waals surface area contributed by atoms with Crippen LogP contribution in [-0.2, 0) is 0 Å². The zero-order valence-corrected chi connectivity index (χ0v) is 19.0. The van der Waals surface area contributed by atoms with Crippen molar-refractivity contribution in [3.63, 3.8) is 0 Å². The first kappa shape index (κ1) is 20.1. The largest absolute Gasteiger partial charge is 0.306 e. The highest BCUT2D eigenvalue weighted by molar-refractivity contribution is 6.33. The van der Waals surface area contributed by atoms with Gasteiger partial charge in [0.15, 0.2) is 0 Å². The van der Waals surface area contributed by atoms with Gasteiger partial charge in [-0.25, -0.2) is 4.99 Å². The molecule has 1 fully saturated rings. The van der Waals surface area contributed by atoms with Crippen LogP contribution in [0.2, 0.25) is 0 Å². The van der Waals surface area contributed by atoms with Gasteiger partial charge in [0.05, 0.1) is 5.71 Å². The van der Waals surface area contributed by atoms with E-state index in [9.17, 15) is 0 Å². The quantitative estimate of drug-likeness (QED) is 0.500. The molecule has 2 heterocycles. The number of rotatable bonds is 3. The fourth-order valence-electron chi connectivity index (χ4n) is 5.06. The maximum atomic E-state index is 5.30. The van der Waals surface area contributed by atoms with E-state index >= 15 is 0 Å². The van der Waals surface area contributed by atoms with Crippen LogP contribution in [-0.4, -0.2) is 10.6 Å². The van der Waals surface area contributed by atoms with Crippen LogP contribution in [0.25, 0.3) is 5.57 Å². The highest BCUT2D eigenvalue weighted by Crippen LogP contribution is 2.48. The molecule has 0 unspecified atom stereocenters. The van der Waals surface area contributed by atoms with E-state index in [2.05, 4.69) is 92.6 Å². The summed E-state index contributed by atoms with van der Waals surface area (Å²) in [5.41, 5.74) is 9.26. The lowest BCUT2D eigenvalue weighted by Gasteiger charge is -2.40. The Labute approximate surface area is 186 Å². The molecule has 2 heteroatoms. The van der Waals surface area contributed by atoms with Gasteiger partial charge in [0.25, 0.3) is 0 Å². The Morgan fingerprint density at radius 2 is 1.84 bits per heavy atom. The summed E-state index contributed by atoms with van der Waals surface area (Å²) in [6, 6.07) is 10.7. The van der Waals surface area contributed by atoms with Gasteiger partial charge in [-0.15, -0.1) is 0 Å². The number of aliphatic imine (C=N–C) groups is 1. The van der Waals surface area contributed by atoms with Gasteiger partial charge in [-0.1, -0.05) is 79.6 Å². The number of hydrogen-bond donors (Lipinski definition) is 0. The summed E-state index contributed by atoms with van der Waals surface area (Å²) in [5.74, 6) is 1.09. The van der Waals surface area contributed by atoms with E-state index in [0.717, 1.165) is 30.8 Å². The average molecular weight is 409 g/mol. The third kappa shape index (κ3) is 3.69. The van der Waals surface area contributed by atoms with E-state index < -0.39 is 0 Å². The topological polar surface area (TPSA) is 15.6 Å². The summed E-state index contributed by atoms with van der Waals surface area (Å²) in [6.07, 6.45) is 21.1. The summed E-state index contributed by atoms with van der Waals surface area (Å²) in [4.78, 5) is 7.59. The number of fused-ring (bicyclic) bond motifs is 1. The summed E-state index contributed by atoms with van der Waals surface area (Å²) in [7, 11) is 0. The second-order valence-corrected chi connectivity index (χ2v) is 9.56. The van der Waals surface area contributed by atoms with E-state index in [1.165, 1.54) is 47.2 Å². The molecule has 0 atom stereocenters. The van der Waals surface area contributed by atoms with Crippen molar-refractivity contribution in [1.29, 1.82) is 0 Å². The molecule has 0 radical (unpaired) electrons. The van der Waals surface area contributed by atoms with Crippen LogP contribution in [0.3, 0.4) is 0 Å². The molecule has 0 saturated heterocycles. The van der Waals surface area contributed by atoms with Gasteiger partial charge in [0, 0.05) is 23.0 Å². The maximum Gasteiger partial charge on any atom is 0.136 e. The van der Waals surface area contributed by atoms with E-state index in [1.54, 1.807) is 5.57 Å². The van der Waals surface area contributed by atoms with Crippen LogP contribution >= 0.6 is 0 Å². The summed E-state index contributed by atoms with van der Waals surface area (Å²) >= 11 is 0.